The van der Waals surface area contributed by atoms with Gasteiger partial charge >= 0.3 is 23.8 Å². The molecule has 0 radical (unpaired) electrons. The molecular formula is C28H23N4O15S4-. The molecular weight excluding hydrogens is 761 g/mol. The third kappa shape index (κ3) is 7.70. The van der Waals surface area contributed by atoms with Crippen molar-refractivity contribution in [1.29, 1.82) is 0 Å². The normalized spacial score (nSPS) is 17.3. The van der Waals surface area contributed by atoms with Crippen molar-refractivity contribution in [2.45, 2.75) is 19.5 Å². The molecule has 2 aliphatic heterocycles. The number of carbonyl (C=O) groups excluding carboxylic acids is 1. The number of carbonyl (C=O) groups is 4. The average molecular weight is 784 g/mol. The SMILES string of the molecule is COC(C=c1s/c(=c2/s/c(=C3/OC(=S)N(CC(=O)O)C3=O)n(CC(=O)O)c2=O)n(CC(=O)O)c1=O)=C1Oc2ccccc2N1CCCS(=O)(=O)[O-]. The Bertz CT molecular complexity index is 2490. The summed E-state index contributed by atoms with van der Waals surface area (Å²) < 4.78 is 50.7. The van der Waals surface area contributed by atoms with E-state index in [2.05, 4.69) is 0 Å². The minimum absolute atomic E-state index is 0.00136. The van der Waals surface area contributed by atoms with E-state index in [0.717, 1.165) is 4.57 Å². The first-order valence-electron chi connectivity index (χ1n) is 14.2. The average Bonchev–Trinajstić information content (AvgIpc) is 3.73. The van der Waals surface area contributed by atoms with Gasteiger partial charge in [0.25, 0.3) is 16.3 Å². The van der Waals surface area contributed by atoms with Gasteiger partial charge in [0, 0.05) is 18.4 Å². The maximum absolute atomic E-state index is 13.7. The fourth-order valence-electron chi connectivity index (χ4n) is 4.93. The van der Waals surface area contributed by atoms with E-state index in [1.165, 1.54) is 18.1 Å². The number of aromatic nitrogens is 2. The topological polar surface area (TPSA) is 264 Å². The van der Waals surface area contributed by atoms with Gasteiger partial charge in [0.15, 0.2) is 11.5 Å². The molecule has 0 unspecified atom stereocenters. The van der Waals surface area contributed by atoms with E-state index >= 15 is 0 Å². The summed E-state index contributed by atoms with van der Waals surface area (Å²) in [7, 11) is -3.31. The highest BCUT2D eigenvalue weighted by Crippen LogP contribution is 2.40. The van der Waals surface area contributed by atoms with Gasteiger partial charge in [-0.3, -0.25) is 42.8 Å². The number of hydrogen-bond acceptors (Lipinski definition) is 16. The Labute approximate surface area is 297 Å². The number of methoxy groups -OCH3 is 1. The van der Waals surface area contributed by atoms with Gasteiger partial charge in [-0.2, -0.15) is 0 Å². The maximum atomic E-state index is 13.7. The Morgan fingerprint density at radius 2 is 1.55 bits per heavy atom. The third-order valence-electron chi connectivity index (χ3n) is 6.99. The zero-order chi connectivity index (χ0) is 37.4. The summed E-state index contributed by atoms with van der Waals surface area (Å²) in [6.07, 6.45) is 1.09. The first-order valence-corrected chi connectivity index (χ1v) is 17.8. The molecule has 1 saturated heterocycles. The number of nitrogens with zero attached hydrogens (tertiary/aromatic N) is 4. The van der Waals surface area contributed by atoms with Crippen LogP contribution in [0.4, 0.5) is 5.69 Å². The van der Waals surface area contributed by atoms with Crippen LogP contribution in [0.3, 0.4) is 0 Å². The van der Waals surface area contributed by atoms with Gasteiger partial charge in [-0.1, -0.05) is 12.1 Å². The molecule has 3 N–H and O–H groups in total. The van der Waals surface area contributed by atoms with Crippen molar-refractivity contribution >= 4 is 91.5 Å². The van der Waals surface area contributed by atoms with Gasteiger partial charge in [-0.25, -0.2) is 8.42 Å². The van der Waals surface area contributed by atoms with Crippen LogP contribution in [0.25, 0.3) is 11.8 Å². The van der Waals surface area contributed by atoms with Gasteiger partial charge in [0.1, 0.15) is 33.5 Å². The standard InChI is InChI=1S/C28H24N4O15S4/c1-45-15(25-29(7-4-8-51(42,43)44)13-5-2-3-6-14(13)46-25)9-16-22(39)30(10-17(33)34)27(49-16)21-24(41)31(11-18(35)36)26(50-21)20-23(40)32(12-19(37)38)28(48)47-20/h2-3,5-6,9H,4,7-8,10-12H2,1H3,(H,33,34)(H,35,36)(H,37,38)(H,42,43,44)/p-1/b16-9?,25-15?,26-20+,27-21+. The van der Waals surface area contributed by atoms with E-state index in [1.807, 2.05) is 0 Å². The number of amides is 1. The van der Waals surface area contributed by atoms with Gasteiger partial charge in [0.2, 0.25) is 11.6 Å². The van der Waals surface area contributed by atoms with Crippen LogP contribution >= 0.6 is 34.9 Å². The van der Waals surface area contributed by atoms with Crippen molar-refractivity contribution in [2.24, 2.45) is 0 Å². The number of fused-ring (bicyclic) bond motifs is 1. The molecule has 0 aliphatic carbocycles. The van der Waals surface area contributed by atoms with Crippen molar-refractivity contribution in [3.63, 3.8) is 0 Å². The molecule has 51 heavy (non-hydrogen) atoms. The van der Waals surface area contributed by atoms with Crippen molar-refractivity contribution in [2.75, 3.05) is 30.9 Å². The Balaban J connectivity index is 1.78. The van der Waals surface area contributed by atoms with Gasteiger partial charge < -0.3 is 39.0 Å². The predicted molar refractivity (Wildman–Crippen MR) is 178 cm³/mol. The zero-order valence-electron chi connectivity index (χ0n) is 25.8. The molecule has 19 nitrogen and oxygen atoms in total. The molecule has 3 aromatic rings. The van der Waals surface area contributed by atoms with E-state index in [4.69, 9.17) is 31.5 Å². The van der Waals surface area contributed by atoms with E-state index in [0.29, 0.717) is 43.6 Å². The van der Waals surface area contributed by atoms with Crippen LogP contribution in [0.5, 0.6) is 5.75 Å². The Kier molecular flexibility index (Phi) is 10.5. The summed E-state index contributed by atoms with van der Waals surface area (Å²) in [4.78, 5) is 77.5. The molecule has 2 aromatic heterocycles. The van der Waals surface area contributed by atoms with Crippen molar-refractivity contribution in [3.8, 4) is 5.75 Å². The first kappa shape index (κ1) is 36.9. The number of rotatable bonds is 12. The number of aliphatic carboxylic acids is 3. The quantitative estimate of drug-likeness (QED) is 0.106. The summed E-state index contributed by atoms with van der Waals surface area (Å²) in [5, 5.41) is 27.8. The Morgan fingerprint density at radius 3 is 2.16 bits per heavy atom. The number of thiocarbonyl (C=S) groups is 1. The molecule has 0 saturated carbocycles. The van der Waals surface area contributed by atoms with Crippen LogP contribution in [0.15, 0.2) is 45.5 Å². The molecule has 2 aliphatic rings. The highest BCUT2D eigenvalue weighted by Gasteiger charge is 2.37. The van der Waals surface area contributed by atoms with E-state index in [-0.39, 0.29) is 38.3 Å². The summed E-state index contributed by atoms with van der Waals surface area (Å²) in [6.45, 7) is -2.89. The van der Waals surface area contributed by atoms with Crippen LogP contribution < -0.4 is 30.0 Å². The molecule has 1 aromatic carbocycles. The molecule has 1 amide bonds. The van der Waals surface area contributed by atoms with E-state index in [9.17, 15) is 52.0 Å². The van der Waals surface area contributed by atoms with Crippen LogP contribution in [-0.2, 0) is 51.9 Å². The lowest BCUT2D eigenvalue weighted by Crippen LogP contribution is -2.35. The second-order valence-corrected chi connectivity index (χ2v) is 14.3. The fourth-order valence-corrected chi connectivity index (χ4v) is 7.97. The molecule has 23 heteroatoms. The van der Waals surface area contributed by atoms with Crippen LogP contribution in [-0.4, -0.2) is 97.3 Å². The van der Waals surface area contributed by atoms with Gasteiger partial charge in [0.05, 0.1) is 27.4 Å². The number of ether oxygens (including phenoxy) is 3. The van der Waals surface area contributed by atoms with Gasteiger partial charge in [-0.15, -0.1) is 22.7 Å². The number of para-hydroxylation sites is 2. The number of hydrogen-bond donors (Lipinski definition) is 3. The van der Waals surface area contributed by atoms with Crippen molar-refractivity contribution in [3.05, 3.63) is 75.0 Å². The molecule has 270 valence electrons. The first-order chi connectivity index (χ1) is 24.0. The highest BCUT2D eigenvalue weighted by atomic mass is 32.2. The number of thiazole rings is 2. The lowest BCUT2D eigenvalue weighted by Gasteiger charge is -2.20. The Hall–Kier alpha value is -5.36. The number of benzene rings is 1. The molecule has 0 spiro atoms. The number of anilines is 1. The van der Waals surface area contributed by atoms with Crippen molar-refractivity contribution in [1.82, 2.24) is 14.0 Å². The third-order valence-corrected chi connectivity index (χ3v) is 10.5. The number of carboxylic acids is 3. The van der Waals surface area contributed by atoms with Crippen LogP contribution in [0.1, 0.15) is 6.42 Å². The lowest BCUT2D eigenvalue weighted by molar-refractivity contribution is -0.140. The summed E-state index contributed by atoms with van der Waals surface area (Å²) in [5.41, 5.74) is -1.47. The molecule has 0 atom stereocenters. The highest BCUT2D eigenvalue weighted by molar-refractivity contribution is 7.85. The second-order valence-electron chi connectivity index (χ2n) is 10.4. The fraction of sp³-hybridized carbons (Fsp3) is 0.250. The minimum atomic E-state index is -4.54. The smallest absolute Gasteiger partial charge is 0.323 e. The second kappa shape index (κ2) is 14.5. The maximum Gasteiger partial charge on any atom is 0.323 e. The monoisotopic (exact) mass is 783 g/mol. The van der Waals surface area contributed by atoms with Crippen LogP contribution in [0.2, 0.25) is 0 Å². The molecule has 0 bridgehead atoms. The summed E-state index contributed by atoms with van der Waals surface area (Å²) >= 11 is 6.06. The van der Waals surface area contributed by atoms with E-state index in [1.54, 1.807) is 24.3 Å². The lowest BCUT2D eigenvalue weighted by atomic mass is 10.2. The molecule has 1 fully saturated rings. The molecule has 4 heterocycles. The predicted octanol–water partition coefficient (Wildman–Crippen LogP) is -1.64. The van der Waals surface area contributed by atoms with E-state index < -0.39 is 86.0 Å². The number of allylic oxidation sites excluding steroid dienone is 1. The molecule has 5 rings (SSSR count). The van der Waals surface area contributed by atoms with Gasteiger partial charge in [-0.05, 0) is 30.8 Å². The summed E-state index contributed by atoms with van der Waals surface area (Å²) in [6, 6.07) is 6.61. The number of carboxylic acid groups (broad SMARTS) is 3. The summed E-state index contributed by atoms with van der Waals surface area (Å²) in [5.74, 6) is -6.62. The zero-order valence-corrected chi connectivity index (χ0v) is 29.1. The van der Waals surface area contributed by atoms with Crippen LogP contribution in [0, 0.1) is 9.20 Å². The van der Waals surface area contributed by atoms with Crippen molar-refractivity contribution < 1.29 is 61.7 Å². The minimum Gasteiger partial charge on any atom is -0.748 e. The largest absolute Gasteiger partial charge is 0.748 e. The Morgan fingerprint density at radius 1 is 0.922 bits per heavy atom.